The number of nitrogens with zero attached hydrogens (tertiary/aromatic N) is 3. The maximum Gasteiger partial charge on any atom is 0.158 e. The van der Waals surface area contributed by atoms with Crippen molar-refractivity contribution in [2.75, 3.05) is 43.9 Å². The summed E-state index contributed by atoms with van der Waals surface area (Å²) >= 11 is 0. The van der Waals surface area contributed by atoms with Gasteiger partial charge in [0, 0.05) is 38.3 Å². The molecule has 0 amide bonds. The predicted molar refractivity (Wildman–Crippen MR) is 85.7 cm³/mol. The van der Waals surface area contributed by atoms with E-state index in [0.717, 1.165) is 37.3 Å². The molecular weight excluding hydrogens is 266 g/mol. The maximum absolute atomic E-state index is 5.40. The molecule has 1 saturated carbocycles. The lowest BCUT2D eigenvalue weighted by atomic mass is 10.4. The third kappa shape index (κ3) is 5.47. The number of nitrogens with one attached hydrogen (secondary N) is 2. The number of anilines is 2. The molecule has 0 spiro atoms. The van der Waals surface area contributed by atoms with Gasteiger partial charge >= 0.3 is 0 Å². The highest BCUT2D eigenvalue weighted by Gasteiger charge is 2.25. The summed E-state index contributed by atoms with van der Waals surface area (Å²) < 4.78 is 5.40. The fourth-order valence-corrected chi connectivity index (χ4v) is 2.18. The first kappa shape index (κ1) is 16.0. The summed E-state index contributed by atoms with van der Waals surface area (Å²) in [7, 11) is 2.18. The molecule has 0 saturated heterocycles. The number of hydrogen-bond acceptors (Lipinski definition) is 6. The van der Waals surface area contributed by atoms with E-state index < -0.39 is 0 Å². The number of rotatable bonds is 10. The van der Waals surface area contributed by atoms with Crippen LogP contribution in [0, 0.1) is 0 Å². The highest BCUT2D eigenvalue weighted by Crippen LogP contribution is 2.24. The van der Waals surface area contributed by atoms with Gasteiger partial charge < -0.3 is 20.3 Å². The molecule has 1 fully saturated rings. The van der Waals surface area contributed by atoms with Gasteiger partial charge in [0.15, 0.2) is 5.82 Å². The van der Waals surface area contributed by atoms with Crippen LogP contribution in [0.15, 0.2) is 6.07 Å². The van der Waals surface area contributed by atoms with E-state index in [2.05, 4.69) is 39.5 Å². The SMILES string of the molecule is CCNc1cc(NCCN(C)C2CC2)nc(COCC)n1. The standard InChI is InChI=1S/C15H27N5O/c1-4-16-13-10-14(19-15(18-13)11-21-5-2)17-8-9-20(3)12-6-7-12/h10,12H,4-9,11H2,1-3H3,(H2,16,17,18,19). The van der Waals surface area contributed by atoms with Crippen molar-refractivity contribution in [2.24, 2.45) is 0 Å². The van der Waals surface area contributed by atoms with Gasteiger partial charge in [-0.25, -0.2) is 9.97 Å². The summed E-state index contributed by atoms with van der Waals surface area (Å²) in [4.78, 5) is 11.4. The second kappa shape index (κ2) is 8.14. The summed E-state index contributed by atoms with van der Waals surface area (Å²) in [5, 5.41) is 6.62. The van der Waals surface area contributed by atoms with Gasteiger partial charge in [0.25, 0.3) is 0 Å². The monoisotopic (exact) mass is 293 g/mol. The van der Waals surface area contributed by atoms with Crippen molar-refractivity contribution in [3.8, 4) is 0 Å². The number of ether oxygens (including phenoxy) is 1. The van der Waals surface area contributed by atoms with Crippen LogP contribution in [-0.4, -0.2) is 54.2 Å². The summed E-state index contributed by atoms with van der Waals surface area (Å²) in [6, 6.07) is 2.75. The van der Waals surface area contributed by atoms with Crippen LogP contribution in [0.3, 0.4) is 0 Å². The minimum absolute atomic E-state index is 0.451. The highest BCUT2D eigenvalue weighted by atomic mass is 16.5. The van der Waals surface area contributed by atoms with Crippen LogP contribution in [0.25, 0.3) is 0 Å². The van der Waals surface area contributed by atoms with Crippen LogP contribution in [0.4, 0.5) is 11.6 Å². The van der Waals surface area contributed by atoms with Crippen LogP contribution < -0.4 is 10.6 Å². The highest BCUT2D eigenvalue weighted by molar-refractivity contribution is 5.47. The third-order valence-corrected chi connectivity index (χ3v) is 3.51. The van der Waals surface area contributed by atoms with Gasteiger partial charge in [-0.3, -0.25) is 0 Å². The third-order valence-electron chi connectivity index (χ3n) is 3.51. The first-order valence-electron chi connectivity index (χ1n) is 7.86. The van der Waals surface area contributed by atoms with Crippen molar-refractivity contribution in [1.29, 1.82) is 0 Å². The molecule has 0 radical (unpaired) electrons. The fourth-order valence-electron chi connectivity index (χ4n) is 2.18. The van der Waals surface area contributed by atoms with E-state index in [-0.39, 0.29) is 0 Å². The fraction of sp³-hybridized carbons (Fsp3) is 0.733. The Morgan fingerprint density at radius 2 is 1.95 bits per heavy atom. The van der Waals surface area contributed by atoms with Crippen LogP contribution in [0.5, 0.6) is 0 Å². The molecule has 0 atom stereocenters. The Labute approximate surface area is 127 Å². The first-order valence-corrected chi connectivity index (χ1v) is 7.86. The van der Waals surface area contributed by atoms with Crippen LogP contribution >= 0.6 is 0 Å². The largest absolute Gasteiger partial charge is 0.374 e. The second-order valence-corrected chi connectivity index (χ2v) is 5.36. The molecule has 6 heteroatoms. The molecule has 0 aromatic carbocycles. The van der Waals surface area contributed by atoms with E-state index in [0.29, 0.717) is 19.0 Å². The Kier molecular flexibility index (Phi) is 6.20. The van der Waals surface area contributed by atoms with E-state index >= 15 is 0 Å². The lowest BCUT2D eigenvalue weighted by molar-refractivity contribution is 0.128. The molecule has 0 unspecified atom stereocenters. The maximum atomic E-state index is 5.40. The van der Waals surface area contributed by atoms with Gasteiger partial charge in [0.1, 0.15) is 18.2 Å². The van der Waals surface area contributed by atoms with Crippen molar-refractivity contribution in [1.82, 2.24) is 14.9 Å². The molecule has 118 valence electrons. The second-order valence-electron chi connectivity index (χ2n) is 5.36. The van der Waals surface area contributed by atoms with Crippen molar-refractivity contribution in [3.05, 3.63) is 11.9 Å². The summed E-state index contributed by atoms with van der Waals surface area (Å²) in [5.74, 6) is 2.42. The van der Waals surface area contributed by atoms with Crippen molar-refractivity contribution in [3.63, 3.8) is 0 Å². The Hall–Kier alpha value is -1.40. The molecule has 0 bridgehead atoms. The molecule has 1 aliphatic carbocycles. The van der Waals surface area contributed by atoms with Crippen molar-refractivity contribution < 1.29 is 4.74 Å². The molecule has 2 rings (SSSR count). The Morgan fingerprint density at radius 1 is 1.24 bits per heavy atom. The smallest absolute Gasteiger partial charge is 0.158 e. The Bertz CT molecular complexity index is 436. The molecule has 1 aliphatic rings. The topological polar surface area (TPSA) is 62.3 Å². The number of likely N-dealkylation sites (N-methyl/N-ethyl adjacent to an activating group) is 1. The minimum Gasteiger partial charge on any atom is -0.374 e. The molecule has 1 aromatic rings. The molecular formula is C15H27N5O. The Morgan fingerprint density at radius 3 is 2.57 bits per heavy atom. The lowest BCUT2D eigenvalue weighted by Gasteiger charge is -2.16. The average molecular weight is 293 g/mol. The van der Waals surface area contributed by atoms with E-state index in [1.54, 1.807) is 0 Å². The molecule has 1 aromatic heterocycles. The minimum atomic E-state index is 0.451. The summed E-state index contributed by atoms with van der Waals surface area (Å²) in [5.41, 5.74) is 0. The van der Waals surface area contributed by atoms with Crippen molar-refractivity contribution >= 4 is 11.6 Å². The summed E-state index contributed by atoms with van der Waals surface area (Å²) in [6.07, 6.45) is 2.68. The van der Waals surface area contributed by atoms with Crippen LogP contribution in [-0.2, 0) is 11.3 Å². The van der Waals surface area contributed by atoms with E-state index in [1.165, 1.54) is 12.8 Å². The zero-order chi connectivity index (χ0) is 15.1. The molecule has 1 heterocycles. The van der Waals surface area contributed by atoms with Gasteiger partial charge in [0.2, 0.25) is 0 Å². The van der Waals surface area contributed by atoms with E-state index in [9.17, 15) is 0 Å². The molecule has 21 heavy (non-hydrogen) atoms. The average Bonchev–Trinajstić information content (AvgIpc) is 3.30. The van der Waals surface area contributed by atoms with Gasteiger partial charge in [-0.05, 0) is 33.7 Å². The van der Waals surface area contributed by atoms with Crippen LogP contribution in [0.2, 0.25) is 0 Å². The zero-order valence-corrected chi connectivity index (χ0v) is 13.4. The lowest BCUT2D eigenvalue weighted by Crippen LogP contribution is -2.27. The zero-order valence-electron chi connectivity index (χ0n) is 13.4. The Balaban J connectivity index is 1.90. The van der Waals surface area contributed by atoms with Crippen molar-refractivity contribution in [2.45, 2.75) is 39.3 Å². The number of aromatic nitrogens is 2. The number of hydrogen-bond donors (Lipinski definition) is 2. The van der Waals surface area contributed by atoms with Gasteiger partial charge in [-0.1, -0.05) is 0 Å². The molecule has 2 N–H and O–H groups in total. The van der Waals surface area contributed by atoms with E-state index in [4.69, 9.17) is 4.74 Å². The van der Waals surface area contributed by atoms with E-state index in [1.807, 2.05) is 13.0 Å². The molecule has 0 aliphatic heterocycles. The molecule has 6 nitrogen and oxygen atoms in total. The normalized spacial score (nSPS) is 14.5. The first-order chi connectivity index (χ1) is 10.2. The quantitative estimate of drug-likeness (QED) is 0.687. The van der Waals surface area contributed by atoms with Gasteiger partial charge in [-0.2, -0.15) is 0 Å². The summed E-state index contributed by atoms with van der Waals surface area (Å²) in [6.45, 7) is 7.92. The van der Waals surface area contributed by atoms with Gasteiger partial charge in [0.05, 0.1) is 0 Å². The van der Waals surface area contributed by atoms with Crippen LogP contribution in [0.1, 0.15) is 32.5 Å². The van der Waals surface area contributed by atoms with Gasteiger partial charge in [-0.15, -0.1) is 0 Å². The predicted octanol–water partition coefficient (Wildman–Crippen LogP) is 1.95.